The van der Waals surface area contributed by atoms with Crippen LogP contribution in [0.15, 0.2) is 121 Å². The van der Waals surface area contributed by atoms with Gasteiger partial charge in [-0.3, -0.25) is 0 Å². The third-order valence-electron chi connectivity index (χ3n) is 8.65. The average molecular weight is 719 g/mol. The molecule has 0 spiro atoms. The van der Waals surface area contributed by atoms with Crippen molar-refractivity contribution < 1.29 is 10.2 Å². The Morgan fingerprint density at radius 3 is 0.820 bits per heavy atom. The van der Waals surface area contributed by atoms with Crippen LogP contribution in [0.2, 0.25) is 0 Å². The molecule has 0 bridgehead atoms. The molecule has 6 aromatic carbocycles. The highest BCUT2D eigenvalue weighted by Gasteiger charge is 2.23. The van der Waals surface area contributed by atoms with Crippen molar-refractivity contribution in [3.63, 3.8) is 0 Å². The zero-order valence-corrected chi connectivity index (χ0v) is 29.1. The molecule has 0 fully saturated rings. The molecule has 6 nitrogen and oxygen atoms in total. The molecule has 10 rings (SSSR count). The number of benzene rings is 6. The van der Waals surface area contributed by atoms with Gasteiger partial charge in [0, 0.05) is 0 Å². The van der Waals surface area contributed by atoms with E-state index in [0.717, 1.165) is 52.0 Å². The van der Waals surface area contributed by atoms with E-state index in [0.29, 0.717) is 42.3 Å². The highest BCUT2D eigenvalue weighted by Crippen LogP contribution is 2.49. The van der Waals surface area contributed by atoms with Gasteiger partial charge in [-0.15, -0.1) is 45.3 Å². The van der Waals surface area contributed by atoms with Crippen LogP contribution in [0.4, 0.5) is 0 Å². The predicted octanol–water partition coefficient (Wildman–Crippen LogP) is 11.9. The van der Waals surface area contributed by atoms with E-state index >= 15 is 0 Å². The Labute approximate surface area is 300 Å². The first-order valence-electron chi connectivity index (χ1n) is 15.7. The number of thiazole rings is 4. The molecular weight excluding hydrogens is 697 g/mol. The summed E-state index contributed by atoms with van der Waals surface area (Å²) in [5, 5.41) is 26.8. The first-order chi connectivity index (χ1) is 24.6. The number of aromatic nitrogens is 4. The van der Waals surface area contributed by atoms with Gasteiger partial charge >= 0.3 is 0 Å². The van der Waals surface area contributed by atoms with Crippen LogP contribution in [0, 0.1) is 0 Å². The maximum absolute atomic E-state index is 12.0. The topological polar surface area (TPSA) is 92.0 Å². The number of rotatable bonds is 5. The Morgan fingerprint density at radius 1 is 0.340 bits per heavy atom. The zero-order valence-electron chi connectivity index (χ0n) is 25.9. The molecule has 50 heavy (non-hydrogen) atoms. The van der Waals surface area contributed by atoms with Crippen LogP contribution in [0.3, 0.4) is 0 Å². The third kappa shape index (κ3) is 4.87. The van der Waals surface area contributed by atoms with Crippen LogP contribution < -0.4 is 0 Å². The maximum atomic E-state index is 12.0. The van der Waals surface area contributed by atoms with Gasteiger partial charge in [-0.05, 0) is 83.9 Å². The average Bonchev–Trinajstić information content (AvgIpc) is 3.95. The van der Waals surface area contributed by atoms with E-state index in [-0.39, 0.29) is 11.5 Å². The lowest BCUT2D eigenvalue weighted by atomic mass is 9.95. The minimum Gasteiger partial charge on any atom is -0.506 e. The standard InChI is InChI=1S/C40H22N4O2S4/c45-35-23(37-41-27-9-1-5-13-31(27)47-37)17-21(18-24(35)38-42-28-10-2-6-14-32(28)48-38)22-19-25(39-43-29-11-3-7-15-33(29)49-39)36(46)26(20-22)40-44-30-12-4-8-16-34(30)50-40/h1-20,45-46H. The van der Waals surface area contributed by atoms with Gasteiger partial charge < -0.3 is 10.2 Å². The van der Waals surface area contributed by atoms with Gasteiger partial charge in [0.15, 0.2) is 0 Å². The summed E-state index contributed by atoms with van der Waals surface area (Å²) in [6, 6.07) is 39.9. The largest absolute Gasteiger partial charge is 0.506 e. The lowest BCUT2D eigenvalue weighted by Gasteiger charge is -2.14. The summed E-state index contributed by atoms with van der Waals surface area (Å²) in [5.74, 6) is 0.256. The van der Waals surface area contributed by atoms with E-state index < -0.39 is 0 Å². The molecule has 4 heterocycles. The molecular formula is C40H22N4O2S4. The van der Waals surface area contributed by atoms with Crippen molar-refractivity contribution in [2.75, 3.05) is 0 Å². The molecule has 0 unspecified atom stereocenters. The molecule has 238 valence electrons. The normalized spacial score (nSPS) is 11.8. The zero-order chi connectivity index (χ0) is 33.3. The molecule has 10 aromatic rings. The number of para-hydroxylation sites is 4. The lowest BCUT2D eigenvalue weighted by molar-refractivity contribution is 0.478. The number of aromatic hydroxyl groups is 2. The van der Waals surface area contributed by atoms with Gasteiger partial charge in [0.2, 0.25) is 0 Å². The highest BCUT2D eigenvalue weighted by atomic mass is 32.1. The minimum atomic E-state index is 0.128. The highest BCUT2D eigenvalue weighted by molar-refractivity contribution is 7.23. The number of nitrogens with zero attached hydrogens (tertiary/aromatic N) is 4. The van der Waals surface area contributed by atoms with Gasteiger partial charge in [0.1, 0.15) is 31.5 Å². The van der Waals surface area contributed by atoms with E-state index in [4.69, 9.17) is 19.9 Å². The second-order valence-corrected chi connectivity index (χ2v) is 15.9. The molecule has 10 heteroatoms. The summed E-state index contributed by atoms with van der Waals surface area (Å²) in [5.41, 5.74) is 7.66. The molecule has 0 saturated heterocycles. The summed E-state index contributed by atoms with van der Waals surface area (Å²) in [4.78, 5) is 19.7. The summed E-state index contributed by atoms with van der Waals surface area (Å²) in [6.07, 6.45) is 0. The second-order valence-electron chi connectivity index (χ2n) is 11.8. The predicted molar refractivity (Wildman–Crippen MR) is 210 cm³/mol. The van der Waals surface area contributed by atoms with E-state index in [1.54, 1.807) is 0 Å². The van der Waals surface area contributed by atoms with Crippen LogP contribution in [-0.4, -0.2) is 30.1 Å². The monoisotopic (exact) mass is 718 g/mol. The molecule has 0 saturated carbocycles. The van der Waals surface area contributed by atoms with E-state index in [1.165, 1.54) is 45.3 Å². The quantitative estimate of drug-likeness (QED) is 0.184. The van der Waals surface area contributed by atoms with Gasteiger partial charge in [-0.1, -0.05) is 48.5 Å². The lowest BCUT2D eigenvalue weighted by Crippen LogP contribution is -1.90. The first-order valence-corrected chi connectivity index (χ1v) is 19.0. The molecule has 0 radical (unpaired) electrons. The summed E-state index contributed by atoms with van der Waals surface area (Å²) < 4.78 is 4.15. The van der Waals surface area contributed by atoms with Gasteiger partial charge in [-0.2, -0.15) is 0 Å². The van der Waals surface area contributed by atoms with Crippen molar-refractivity contribution in [2.45, 2.75) is 0 Å². The van der Waals surface area contributed by atoms with Crippen molar-refractivity contribution in [3.05, 3.63) is 121 Å². The van der Waals surface area contributed by atoms with Crippen molar-refractivity contribution in [3.8, 4) is 64.9 Å². The smallest absolute Gasteiger partial charge is 0.136 e. The molecule has 0 aliphatic heterocycles. The van der Waals surface area contributed by atoms with Crippen molar-refractivity contribution in [2.24, 2.45) is 0 Å². The summed E-state index contributed by atoms with van der Waals surface area (Å²) in [6.45, 7) is 0. The number of phenols is 2. The van der Waals surface area contributed by atoms with Crippen molar-refractivity contribution in [1.29, 1.82) is 0 Å². The molecule has 2 N–H and O–H groups in total. The van der Waals surface area contributed by atoms with Crippen LogP contribution >= 0.6 is 45.3 Å². The van der Waals surface area contributed by atoms with Crippen LogP contribution in [0.25, 0.3) is 94.3 Å². The Balaban J connectivity index is 1.25. The minimum absolute atomic E-state index is 0.128. The number of phenolic OH excluding ortho intramolecular Hbond substituents is 2. The maximum Gasteiger partial charge on any atom is 0.136 e. The fraction of sp³-hybridized carbons (Fsp3) is 0. The van der Waals surface area contributed by atoms with Crippen LogP contribution in [-0.2, 0) is 0 Å². The van der Waals surface area contributed by atoms with Gasteiger partial charge in [-0.25, -0.2) is 19.9 Å². The second kappa shape index (κ2) is 11.5. The molecule has 0 aliphatic rings. The Kier molecular flexibility index (Phi) is 6.78. The summed E-state index contributed by atoms with van der Waals surface area (Å²) >= 11 is 6.16. The first kappa shape index (κ1) is 29.4. The van der Waals surface area contributed by atoms with E-state index in [2.05, 4.69) is 0 Å². The van der Waals surface area contributed by atoms with Crippen molar-refractivity contribution in [1.82, 2.24) is 19.9 Å². The fourth-order valence-corrected chi connectivity index (χ4v) is 10.1. The van der Waals surface area contributed by atoms with Gasteiger partial charge in [0.05, 0.1) is 63.1 Å². The Morgan fingerprint density at radius 2 is 0.580 bits per heavy atom. The molecule has 0 atom stereocenters. The van der Waals surface area contributed by atoms with Crippen LogP contribution in [0.1, 0.15) is 0 Å². The Bertz CT molecular complexity index is 2420. The van der Waals surface area contributed by atoms with E-state index in [9.17, 15) is 10.2 Å². The number of hydrogen-bond acceptors (Lipinski definition) is 10. The number of hydrogen-bond donors (Lipinski definition) is 2. The van der Waals surface area contributed by atoms with Crippen LogP contribution in [0.5, 0.6) is 11.5 Å². The molecule has 0 amide bonds. The fourth-order valence-electron chi connectivity index (χ4n) is 6.20. The Hall–Kier alpha value is -5.52. The van der Waals surface area contributed by atoms with Gasteiger partial charge in [0.25, 0.3) is 0 Å². The molecule has 0 aliphatic carbocycles. The summed E-state index contributed by atoms with van der Waals surface area (Å²) in [7, 11) is 0. The third-order valence-corrected chi connectivity index (χ3v) is 12.9. The number of fused-ring (bicyclic) bond motifs is 4. The molecule has 4 aromatic heterocycles. The SMILES string of the molecule is Oc1c(-c2nc3ccccc3s2)cc(-c2cc(-c3nc4ccccc4s3)c(O)c(-c3nc4ccccc4s3)c2)cc1-c1nc2ccccc2s1. The van der Waals surface area contributed by atoms with E-state index in [1.807, 2.05) is 121 Å². The van der Waals surface area contributed by atoms with Crippen molar-refractivity contribution >= 4 is 86.2 Å².